The van der Waals surface area contributed by atoms with Crippen LogP contribution in [0.5, 0.6) is 0 Å². The first kappa shape index (κ1) is 10.1. The largest absolute Gasteiger partial charge is 0.370 e. The third-order valence-electron chi connectivity index (χ3n) is 3.74. The topological polar surface area (TPSA) is 41.6 Å². The van der Waals surface area contributed by atoms with E-state index < -0.39 is 0 Å². The van der Waals surface area contributed by atoms with E-state index >= 15 is 0 Å². The van der Waals surface area contributed by atoms with Gasteiger partial charge >= 0.3 is 0 Å². The molecule has 0 atom stereocenters. The van der Waals surface area contributed by atoms with Gasteiger partial charge in [0.15, 0.2) is 5.96 Å². The molecule has 1 aliphatic carbocycles. The van der Waals surface area contributed by atoms with Crippen LogP contribution in [0.1, 0.15) is 24.6 Å². The number of nitrogens with zero attached hydrogens (tertiary/aromatic N) is 2. The summed E-state index contributed by atoms with van der Waals surface area (Å²) in [5, 5.41) is 2.12. The SMILES string of the molecule is CC1CC2(CN=C(N)N2Cc2cccs2)C1. The highest BCUT2D eigenvalue weighted by Gasteiger charge is 2.50. The second-order valence-corrected chi connectivity index (χ2v) is 6.11. The van der Waals surface area contributed by atoms with Crippen molar-refractivity contribution < 1.29 is 0 Å². The van der Waals surface area contributed by atoms with Gasteiger partial charge in [-0.25, -0.2) is 0 Å². The van der Waals surface area contributed by atoms with Gasteiger partial charge in [-0.3, -0.25) is 4.99 Å². The second-order valence-electron chi connectivity index (χ2n) is 5.08. The van der Waals surface area contributed by atoms with Crippen molar-refractivity contribution in [1.29, 1.82) is 0 Å². The number of guanidine groups is 1. The van der Waals surface area contributed by atoms with Crippen molar-refractivity contribution in [2.24, 2.45) is 16.6 Å². The normalized spacial score (nSPS) is 32.9. The molecular weight excluding hydrogens is 218 g/mol. The second kappa shape index (κ2) is 3.48. The summed E-state index contributed by atoms with van der Waals surface area (Å²) in [4.78, 5) is 8.13. The lowest BCUT2D eigenvalue weighted by molar-refractivity contribution is 0.0468. The molecule has 1 aromatic rings. The average molecular weight is 235 g/mol. The molecule has 2 aliphatic rings. The Morgan fingerprint density at radius 1 is 1.62 bits per heavy atom. The highest BCUT2D eigenvalue weighted by molar-refractivity contribution is 7.09. The Bertz CT molecular complexity index is 404. The fraction of sp³-hybridized carbons (Fsp3) is 0.583. The van der Waals surface area contributed by atoms with E-state index in [4.69, 9.17) is 5.73 Å². The molecule has 4 heteroatoms. The van der Waals surface area contributed by atoms with Crippen LogP contribution >= 0.6 is 11.3 Å². The summed E-state index contributed by atoms with van der Waals surface area (Å²) >= 11 is 1.80. The number of nitrogens with two attached hydrogens (primary N) is 1. The lowest BCUT2D eigenvalue weighted by Crippen LogP contribution is -2.58. The highest BCUT2D eigenvalue weighted by Crippen LogP contribution is 2.45. The summed E-state index contributed by atoms with van der Waals surface area (Å²) < 4.78 is 0. The van der Waals surface area contributed by atoms with E-state index in [0.717, 1.165) is 25.0 Å². The summed E-state index contributed by atoms with van der Waals surface area (Å²) in [6.07, 6.45) is 2.48. The zero-order valence-electron chi connectivity index (χ0n) is 9.52. The van der Waals surface area contributed by atoms with Crippen molar-refractivity contribution in [3.63, 3.8) is 0 Å². The van der Waals surface area contributed by atoms with Crippen molar-refractivity contribution >= 4 is 17.3 Å². The maximum atomic E-state index is 6.01. The van der Waals surface area contributed by atoms with Gasteiger partial charge in [-0.2, -0.15) is 0 Å². The Hall–Kier alpha value is -1.03. The van der Waals surface area contributed by atoms with E-state index in [1.807, 2.05) is 0 Å². The van der Waals surface area contributed by atoms with Gasteiger partial charge in [0, 0.05) is 4.88 Å². The quantitative estimate of drug-likeness (QED) is 0.852. The number of hydrogen-bond donors (Lipinski definition) is 1. The van der Waals surface area contributed by atoms with Crippen molar-refractivity contribution in [3.05, 3.63) is 22.4 Å². The predicted octanol–water partition coefficient (Wildman–Crippen LogP) is 2.05. The number of thiophene rings is 1. The molecule has 86 valence electrons. The van der Waals surface area contributed by atoms with Crippen molar-refractivity contribution in [1.82, 2.24) is 4.90 Å². The van der Waals surface area contributed by atoms with Crippen LogP contribution in [-0.2, 0) is 6.54 Å². The predicted molar refractivity (Wildman–Crippen MR) is 67.5 cm³/mol. The summed E-state index contributed by atoms with van der Waals surface area (Å²) in [5.41, 5.74) is 6.26. The first-order valence-electron chi connectivity index (χ1n) is 5.80. The van der Waals surface area contributed by atoms with Crippen molar-refractivity contribution in [3.8, 4) is 0 Å². The summed E-state index contributed by atoms with van der Waals surface area (Å²) in [6.45, 7) is 4.14. The van der Waals surface area contributed by atoms with E-state index in [9.17, 15) is 0 Å². The van der Waals surface area contributed by atoms with Crippen LogP contribution < -0.4 is 5.73 Å². The van der Waals surface area contributed by atoms with Gasteiger partial charge < -0.3 is 10.6 Å². The molecule has 1 saturated carbocycles. The van der Waals surface area contributed by atoms with Gasteiger partial charge in [0.2, 0.25) is 0 Å². The molecule has 2 heterocycles. The van der Waals surface area contributed by atoms with Crippen LogP contribution in [0.25, 0.3) is 0 Å². The molecule has 0 bridgehead atoms. The third-order valence-corrected chi connectivity index (χ3v) is 4.60. The summed E-state index contributed by atoms with van der Waals surface area (Å²) in [6, 6.07) is 4.27. The maximum absolute atomic E-state index is 6.01. The molecule has 0 aromatic carbocycles. The molecule has 0 amide bonds. The van der Waals surface area contributed by atoms with Crippen LogP contribution in [0.4, 0.5) is 0 Å². The first-order chi connectivity index (χ1) is 7.70. The monoisotopic (exact) mass is 235 g/mol. The van der Waals surface area contributed by atoms with Gasteiger partial charge in [-0.05, 0) is 30.2 Å². The molecule has 1 spiro atoms. The Kier molecular flexibility index (Phi) is 2.21. The Balaban J connectivity index is 1.78. The van der Waals surface area contributed by atoms with Gasteiger partial charge in [0.05, 0.1) is 18.6 Å². The Morgan fingerprint density at radius 2 is 2.44 bits per heavy atom. The average Bonchev–Trinajstić information content (AvgIpc) is 2.80. The van der Waals surface area contributed by atoms with E-state index in [2.05, 4.69) is 34.3 Å². The van der Waals surface area contributed by atoms with Crippen LogP contribution in [0.15, 0.2) is 22.5 Å². The van der Waals surface area contributed by atoms with E-state index in [0.29, 0.717) is 0 Å². The van der Waals surface area contributed by atoms with Crippen LogP contribution in [0.3, 0.4) is 0 Å². The molecular formula is C12H17N3S. The van der Waals surface area contributed by atoms with Gasteiger partial charge in [0.1, 0.15) is 0 Å². The zero-order chi connectivity index (χ0) is 11.2. The Labute approximate surface area is 100.0 Å². The number of rotatable bonds is 2. The number of hydrogen-bond acceptors (Lipinski definition) is 4. The lowest BCUT2D eigenvalue weighted by Gasteiger charge is -2.49. The van der Waals surface area contributed by atoms with E-state index in [1.54, 1.807) is 11.3 Å². The minimum Gasteiger partial charge on any atom is -0.370 e. The molecule has 3 rings (SSSR count). The van der Waals surface area contributed by atoms with Gasteiger partial charge in [-0.15, -0.1) is 11.3 Å². The zero-order valence-corrected chi connectivity index (χ0v) is 10.3. The maximum Gasteiger partial charge on any atom is 0.192 e. The molecule has 1 fully saturated rings. The van der Waals surface area contributed by atoms with Crippen LogP contribution in [0.2, 0.25) is 0 Å². The Morgan fingerprint density at radius 3 is 3.06 bits per heavy atom. The molecule has 0 saturated heterocycles. The fourth-order valence-corrected chi connectivity index (χ4v) is 3.73. The molecule has 16 heavy (non-hydrogen) atoms. The fourth-order valence-electron chi connectivity index (χ4n) is 3.04. The minimum absolute atomic E-state index is 0.257. The highest BCUT2D eigenvalue weighted by atomic mass is 32.1. The molecule has 0 unspecified atom stereocenters. The van der Waals surface area contributed by atoms with E-state index in [-0.39, 0.29) is 5.54 Å². The standard InChI is InChI=1S/C12H17N3S/c1-9-5-12(6-9)8-14-11(13)15(12)7-10-3-2-4-16-10/h2-4,9H,5-8H2,1H3,(H2,13,14). The molecule has 2 N–H and O–H groups in total. The van der Waals surface area contributed by atoms with E-state index in [1.165, 1.54) is 17.7 Å². The van der Waals surface area contributed by atoms with Crippen molar-refractivity contribution in [2.75, 3.05) is 6.54 Å². The van der Waals surface area contributed by atoms with Crippen molar-refractivity contribution in [2.45, 2.75) is 31.8 Å². The molecule has 1 aliphatic heterocycles. The van der Waals surface area contributed by atoms with Crippen LogP contribution in [-0.4, -0.2) is 22.9 Å². The molecule has 3 nitrogen and oxygen atoms in total. The molecule has 1 aromatic heterocycles. The van der Waals surface area contributed by atoms with Gasteiger partial charge in [-0.1, -0.05) is 13.0 Å². The number of aliphatic imine (C=N–C) groups is 1. The van der Waals surface area contributed by atoms with Crippen LogP contribution in [0, 0.1) is 5.92 Å². The van der Waals surface area contributed by atoms with Gasteiger partial charge in [0.25, 0.3) is 0 Å². The smallest absolute Gasteiger partial charge is 0.192 e. The molecule has 0 radical (unpaired) electrons. The summed E-state index contributed by atoms with van der Waals surface area (Å²) in [5.74, 6) is 1.56. The third kappa shape index (κ3) is 1.44. The minimum atomic E-state index is 0.257. The first-order valence-corrected chi connectivity index (χ1v) is 6.67. The lowest BCUT2D eigenvalue weighted by atomic mass is 9.68. The summed E-state index contributed by atoms with van der Waals surface area (Å²) in [7, 11) is 0.